The van der Waals surface area contributed by atoms with Crippen LogP contribution >= 0.6 is 12.6 Å². The van der Waals surface area contributed by atoms with Gasteiger partial charge in [-0.05, 0) is 35.4 Å². The molecule has 3 heteroatoms. The Balaban J connectivity index is 2.19. The van der Waals surface area contributed by atoms with Crippen molar-refractivity contribution in [3.63, 3.8) is 0 Å². The van der Waals surface area contributed by atoms with Crippen molar-refractivity contribution in [1.82, 2.24) is 0 Å². The molecule has 0 aliphatic heterocycles. The molecule has 0 atom stereocenters. The molecule has 0 heterocycles. The molecule has 0 aliphatic carbocycles. The Bertz CT molecular complexity index is 556. The molecule has 0 N–H and O–H groups in total. The summed E-state index contributed by atoms with van der Waals surface area (Å²) in [5.74, 6) is 0.0524. The number of rotatable bonds is 3. The standard InChI is InChI=1S/C15H12O2S/c1-2-15(16)17-13-7-3-11(4-8-13)12-5-9-14(18)10-6-12/h2-10,18H,1H2. The van der Waals surface area contributed by atoms with Crippen molar-refractivity contribution in [3.05, 3.63) is 61.2 Å². The zero-order valence-corrected chi connectivity index (χ0v) is 10.6. The Kier molecular flexibility index (Phi) is 3.85. The topological polar surface area (TPSA) is 26.3 Å². The average Bonchev–Trinajstić information content (AvgIpc) is 2.40. The lowest BCUT2D eigenvalue weighted by Crippen LogP contribution is -2.02. The molecule has 0 unspecified atom stereocenters. The van der Waals surface area contributed by atoms with Gasteiger partial charge in [0.15, 0.2) is 0 Å². The van der Waals surface area contributed by atoms with Crippen molar-refractivity contribution >= 4 is 18.6 Å². The largest absolute Gasteiger partial charge is 0.423 e. The van der Waals surface area contributed by atoms with Gasteiger partial charge in [-0.25, -0.2) is 4.79 Å². The Morgan fingerprint density at radius 2 is 1.50 bits per heavy atom. The Hall–Kier alpha value is -2.00. The molecule has 0 bridgehead atoms. The van der Waals surface area contributed by atoms with Crippen LogP contribution in [0.4, 0.5) is 0 Å². The molecule has 0 amide bonds. The van der Waals surface area contributed by atoms with Crippen LogP contribution in [0, 0.1) is 0 Å². The van der Waals surface area contributed by atoms with Gasteiger partial charge < -0.3 is 4.74 Å². The van der Waals surface area contributed by atoms with E-state index in [9.17, 15) is 4.79 Å². The zero-order valence-electron chi connectivity index (χ0n) is 9.67. The summed E-state index contributed by atoms with van der Waals surface area (Å²) in [6.45, 7) is 3.35. The summed E-state index contributed by atoms with van der Waals surface area (Å²) < 4.78 is 5.00. The van der Waals surface area contributed by atoms with Crippen molar-refractivity contribution in [2.75, 3.05) is 0 Å². The highest BCUT2D eigenvalue weighted by atomic mass is 32.1. The molecule has 0 fully saturated rings. The van der Waals surface area contributed by atoms with Crippen LogP contribution < -0.4 is 4.74 Å². The van der Waals surface area contributed by atoms with Gasteiger partial charge in [0.25, 0.3) is 0 Å². The summed E-state index contributed by atoms with van der Waals surface area (Å²) in [7, 11) is 0. The van der Waals surface area contributed by atoms with Gasteiger partial charge in [-0.2, -0.15) is 0 Å². The smallest absolute Gasteiger partial charge is 0.335 e. The van der Waals surface area contributed by atoms with Crippen LogP contribution in [0.3, 0.4) is 0 Å². The lowest BCUT2D eigenvalue weighted by molar-refractivity contribution is -0.128. The second kappa shape index (κ2) is 5.56. The van der Waals surface area contributed by atoms with E-state index >= 15 is 0 Å². The molecule has 2 rings (SSSR count). The number of carbonyl (C=O) groups is 1. The molecule has 0 aliphatic rings. The normalized spacial score (nSPS) is 9.83. The van der Waals surface area contributed by atoms with E-state index in [1.807, 2.05) is 36.4 Å². The van der Waals surface area contributed by atoms with Crippen LogP contribution in [0.5, 0.6) is 5.75 Å². The lowest BCUT2D eigenvalue weighted by Gasteiger charge is -2.04. The molecule has 18 heavy (non-hydrogen) atoms. The highest BCUT2D eigenvalue weighted by Gasteiger charge is 2.01. The first-order chi connectivity index (χ1) is 8.69. The average molecular weight is 256 g/mol. The summed E-state index contributed by atoms with van der Waals surface area (Å²) >= 11 is 4.24. The fraction of sp³-hybridized carbons (Fsp3) is 0. The maximum atomic E-state index is 11.0. The fourth-order valence-corrected chi connectivity index (χ4v) is 1.68. The number of ether oxygens (including phenoxy) is 1. The monoisotopic (exact) mass is 256 g/mol. The maximum absolute atomic E-state index is 11.0. The minimum absolute atomic E-state index is 0.456. The summed E-state index contributed by atoms with van der Waals surface area (Å²) in [4.78, 5) is 12.0. The third-order valence-electron chi connectivity index (χ3n) is 2.44. The van der Waals surface area contributed by atoms with Gasteiger partial charge in [-0.15, -0.1) is 12.6 Å². The van der Waals surface area contributed by atoms with Crippen molar-refractivity contribution in [3.8, 4) is 16.9 Å². The van der Waals surface area contributed by atoms with E-state index in [2.05, 4.69) is 19.2 Å². The Morgan fingerprint density at radius 3 is 2.00 bits per heavy atom. The number of esters is 1. The molecule has 0 saturated carbocycles. The van der Waals surface area contributed by atoms with Crippen molar-refractivity contribution < 1.29 is 9.53 Å². The number of hydrogen-bond acceptors (Lipinski definition) is 3. The van der Waals surface area contributed by atoms with E-state index in [1.54, 1.807) is 12.1 Å². The molecule has 0 saturated heterocycles. The predicted molar refractivity (Wildman–Crippen MR) is 75.0 cm³/mol. The molecule has 0 radical (unpaired) electrons. The van der Waals surface area contributed by atoms with Gasteiger partial charge in [-0.3, -0.25) is 0 Å². The van der Waals surface area contributed by atoms with Gasteiger partial charge in [-0.1, -0.05) is 30.8 Å². The van der Waals surface area contributed by atoms with Gasteiger partial charge in [0.2, 0.25) is 0 Å². The number of benzene rings is 2. The lowest BCUT2D eigenvalue weighted by atomic mass is 10.1. The highest BCUT2D eigenvalue weighted by molar-refractivity contribution is 7.80. The maximum Gasteiger partial charge on any atom is 0.335 e. The minimum Gasteiger partial charge on any atom is -0.423 e. The van der Waals surface area contributed by atoms with Gasteiger partial charge >= 0.3 is 5.97 Å². The molecule has 2 aromatic carbocycles. The van der Waals surface area contributed by atoms with E-state index in [0.717, 1.165) is 22.1 Å². The molecule has 0 spiro atoms. The second-order valence-corrected chi connectivity index (χ2v) is 4.21. The van der Waals surface area contributed by atoms with Crippen molar-refractivity contribution in [2.45, 2.75) is 4.90 Å². The van der Waals surface area contributed by atoms with Crippen LogP contribution in [0.1, 0.15) is 0 Å². The SMILES string of the molecule is C=CC(=O)Oc1ccc(-c2ccc(S)cc2)cc1. The first kappa shape index (κ1) is 12.5. The van der Waals surface area contributed by atoms with Gasteiger partial charge in [0.1, 0.15) is 5.75 Å². The molecular weight excluding hydrogens is 244 g/mol. The highest BCUT2D eigenvalue weighted by Crippen LogP contribution is 2.23. The molecule has 90 valence electrons. The van der Waals surface area contributed by atoms with E-state index in [1.165, 1.54) is 0 Å². The van der Waals surface area contributed by atoms with Gasteiger partial charge in [0, 0.05) is 11.0 Å². The first-order valence-corrected chi connectivity index (χ1v) is 5.87. The summed E-state index contributed by atoms with van der Waals surface area (Å²) in [6, 6.07) is 15.2. The van der Waals surface area contributed by atoms with Gasteiger partial charge in [0.05, 0.1) is 0 Å². The molecular formula is C15H12O2S. The number of thiol groups is 1. The summed E-state index contributed by atoms with van der Waals surface area (Å²) in [6.07, 6.45) is 1.14. The quantitative estimate of drug-likeness (QED) is 0.392. The fourth-order valence-electron chi connectivity index (χ4n) is 1.53. The van der Waals surface area contributed by atoms with Crippen molar-refractivity contribution in [2.24, 2.45) is 0 Å². The number of hydrogen-bond donors (Lipinski definition) is 1. The molecule has 0 aromatic heterocycles. The number of carbonyl (C=O) groups excluding carboxylic acids is 1. The predicted octanol–water partition coefficient (Wildman–Crippen LogP) is 3.73. The van der Waals surface area contributed by atoms with E-state index < -0.39 is 5.97 Å². The molecule has 2 nitrogen and oxygen atoms in total. The Labute approximate surface area is 111 Å². The second-order valence-electron chi connectivity index (χ2n) is 3.70. The molecule has 2 aromatic rings. The summed E-state index contributed by atoms with van der Waals surface area (Å²) in [5, 5.41) is 0. The third kappa shape index (κ3) is 3.02. The van der Waals surface area contributed by atoms with Crippen LogP contribution in [0.25, 0.3) is 11.1 Å². The zero-order chi connectivity index (χ0) is 13.0. The van der Waals surface area contributed by atoms with Crippen molar-refractivity contribution in [1.29, 1.82) is 0 Å². The first-order valence-electron chi connectivity index (χ1n) is 5.43. The van der Waals surface area contributed by atoms with E-state index in [0.29, 0.717) is 5.75 Å². The third-order valence-corrected chi connectivity index (χ3v) is 2.74. The van der Waals surface area contributed by atoms with E-state index in [4.69, 9.17) is 4.74 Å². The Morgan fingerprint density at radius 1 is 1.00 bits per heavy atom. The van der Waals surface area contributed by atoms with E-state index in [-0.39, 0.29) is 0 Å². The van der Waals surface area contributed by atoms with Crippen LogP contribution in [0.2, 0.25) is 0 Å². The summed E-state index contributed by atoms with van der Waals surface area (Å²) in [5.41, 5.74) is 2.15. The van der Waals surface area contributed by atoms with Crippen LogP contribution in [-0.4, -0.2) is 5.97 Å². The minimum atomic E-state index is -0.456. The van der Waals surface area contributed by atoms with Crippen LogP contribution in [0.15, 0.2) is 66.1 Å². The van der Waals surface area contributed by atoms with Crippen LogP contribution in [-0.2, 0) is 4.79 Å².